The number of aromatic nitrogens is 1. The van der Waals surface area contributed by atoms with Crippen LogP contribution in [0, 0.1) is 23.0 Å². The third kappa shape index (κ3) is 4.61. The second-order valence-electron chi connectivity index (χ2n) is 6.90. The van der Waals surface area contributed by atoms with Crippen molar-refractivity contribution < 1.29 is 18.3 Å². The molecule has 1 heterocycles. The van der Waals surface area contributed by atoms with Crippen LogP contribution in [0.1, 0.15) is 28.8 Å². The SMILES string of the molecule is N#Cc1cc(NC(=O)c2cc(F)c(-c3ccc(F)cc3Cl)cc2Cl)cnc1OC1CC1. The minimum Gasteiger partial charge on any atom is -0.473 e. The van der Waals surface area contributed by atoms with Crippen molar-refractivity contribution >= 4 is 34.8 Å². The van der Waals surface area contributed by atoms with Gasteiger partial charge in [0.05, 0.1) is 27.5 Å². The minimum absolute atomic E-state index is 0.00998. The molecule has 0 unspecified atom stereocenters. The lowest BCUT2D eigenvalue weighted by Gasteiger charge is -2.12. The highest BCUT2D eigenvalue weighted by atomic mass is 35.5. The van der Waals surface area contributed by atoms with Crippen LogP contribution in [0.3, 0.4) is 0 Å². The van der Waals surface area contributed by atoms with E-state index in [-0.39, 0.29) is 50.0 Å². The molecule has 0 aliphatic heterocycles. The summed E-state index contributed by atoms with van der Waals surface area (Å²) in [5, 5.41) is 11.8. The van der Waals surface area contributed by atoms with Crippen LogP contribution in [-0.4, -0.2) is 17.0 Å². The van der Waals surface area contributed by atoms with E-state index in [1.165, 1.54) is 24.4 Å². The Morgan fingerprint density at radius 1 is 1.13 bits per heavy atom. The maximum Gasteiger partial charge on any atom is 0.257 e. The molecule has 4 rings (SSSR count). The number of carbonyl (C=O) groups excluding carboxylic acids is 1. The Labute approximate surface area is 186 Å². The van der Waals surface area contributed by atoms with Crippen molar-refractivity contribution in [3.8, 4) is 23.1 Å². The molecule has 1 aliphatic carbocycles. The first-order chi connectivity index (χ1) is 14.9. The molecule has 1 fully saturated rings. The second kappa shape index (κ2) is 8.50. The van der Waals surface area contributed by atoms with Gasteiger partial charge in [-0.15, -0.1) is 0 Å². The van der Waals surface area contributed by atoms with Gasteiger partial charge < -0.3 is 10.1 Å². The third-order valence-corrected chi connectivity index (χ3v) is 5.18. The molecule has 0 atom stereocenters. The quantitative estimate of drug-likeness (QED) is 0.507. The number of rotatable bonds is 5. The summed E-state index contributed by atoms with van der Waals surface area (Å²) in [5.74, 6) is -1.81. The Hall–Kier alpha value is -3.21. The summed E-state index contributed by atoms with van der Waals surface area (Å²) in [7, 11) is 0. The lowest BCUT2D eigenvalue weighted by molar-refractivity contribution is 0.102. The van der Waals surface area contributed by atoms with Gasteiger partial charge in [-0.05, 0) is 49.2 Å². The number of nitrogens with zero attached hydrogens (tertiary/aromatic N) is 2. The Balaban J connectivity index is 1.59. The second-order valence-corrected chi connectivity index (χ2v) is 7.71. The van der Waals surface area contributed by atoms with Crippen LogP contribution in [0.5, 0.6) is 5.88 Å². The number of pyridine rings is 1. The van der Waals surface area contributed by atoms with Gasteiger partial charge in [0.2, 0.25) is 5.88 Å². The van der Waals surface area contributed by atoms with Crippen molar-refractivity contribution in [2.45, 2.75) is 18.9 Å². The largest absolute Gasteiger partial charge is 0.473 e. The van der Waals surface area contributed by atoms with Crippen molar-refractivity contribution in [2.24, 2.45) is 0 Å². The van der Waals surface area contributed by atoms with Gasteiger partial charge in [-0.2, -0.15) is 5.26 Å². The van der Waals surface area contributed by atoms with Gasteiger partial charge in [0.1, 0.15) is 29.4 Å². The maximum atomic E-state index is 14.7. The fourth-order valence-corrected chi connectivity index (χ4v) is 3.39. The molecule has 0 spiro atoms. The molecule has 1 saturated carbocycles. The molecule has 3 aromatic rings. The number of ether oxygens (including phenoxy) is 1. The highest BCUT2D eigenvalue weighted by Gasteiger charge is 2.25. The van der Waals surface area contributed by atoms with Gasteiger partial charge in [0, 0.05) is 11.1 Å². The predicted molar refractivity (Wildman–Crippen MR) is 112 cm³/mol. The van der Waals surface area contributed by atoms with E-state index in [1.807, 2.05) is 6.07 Å². The summed E-state index contributed by atoms with van der Waals surface area (Å²) in [6, 6.07) is 9.13. The molecular weight excluding hydrogens is 447 g/mol. The topological polar surface area (TPSA) is 75.0 Å². The summed E-state index contributed by atoms with van der Waals surface area (Å²) in [6.07, 6.45) is 3.23. The van der Waals surface area contributed by atoms with Crippen LogP contribution in [0.4, 0.5) is 14.5 Å². The summed E-state index contributed by atoms with van der Waals surface area (Å²) in [4.78, 5) is 16.7. The minimum atomic E-state index is -0.757. The molecule has 0 saturated heterocycles. The maximum absolute atomic E-state index is 14.7. The lowest BCUT2D eigenvalue weighted by atomic mass is 10.0. The molecular formula is C22H13Cl2F2N3O2. The summed E-state index contributed by atoms with van der Waals surface area (Å²) < 4.78 is 33.6. The van der Waals surface area contributed by atoms with E-state index in [2.05, 4.69) is 10.3 Å². The molecule has 0 radical (unpaired) electrons. The summed E-state index contributed by atoms with van der Waals surface area (Å²) >= 11 is 12.2. The van der Waals surface area contributed by atoms with Crippen molar-refractivity contribution in [1.29, 1.82) is 5.26 Å². The lowest BCUT2D eigenvalue weighted by Crippen LogP contribution is -2.14. The number of hydrogen-bond acceptors (Lipinski definition) is 4. The number of hydrogen-bond donors (Lipinski definition) is 1. The zero-order valence-corrected chi connectivity index (χ0v) is 17.3. The Kier molecular flexibility index (Phi) is 5.77. The average molecular weight is 460 g/mol. The highest BCUT2D eigenvalue weighted by Crippen LogP contribution is 2.34. The molecule has 2 aromatic carbocycles. The van der Waals surface area contributed by atoms with E-state index >= 15 is 0 Å². The molecule has 1 aliphatic rings. The van der Waals surface area contributed by atoms with Crippen LogP contribution in [0.25, 0.3) is 11.1 Å². The van der Waals surface area contributed by atoms with E-state index in [1.54, 1.807) is 0 Å². The summed E-state index contributed by atoms with van der Waals surface area (Å²) in [5.41, 5.74) is 0.540. The average Bonchev–Trinajstić information content (AvgIpc) is 3.55. The van der Waals surface area contributed by atoms with Crippen LogP contribution >= 0.6 is 23.2 Å². The molecule has 1 amide bonds. The van der Waals surface area contributed by atoms with Crippen molar-refractivity contribution in [3.05, 3.63) is 75.4 Å². The fraction of sp³-hybridized carbons (Fsp3) is 0.136. The van der Waals surface area contributed by atoms with Crippen LogP contribution < -0.4 is 10.1 Å². The van der Waals surface area contributed by atoms with E-state index in [0.717, 1.165) is 31.0 Å². The van der Waals surface area contributed by atoms with Gasteiger partial charge in [-0.3, -0.25) is 4.79 Å². The van der Waals surface area contributed by atoms with Gasteiger partial charge in [0.25, 0.3) is 5.91 Å². The Morgan fingerprint density at radius 2 is 1.90 bits per heavy atom. The van der Waals surface area contributed by atoms with E-state index in [9.17, 15) is 18.8 Å². The van der Waals surface area contributed by atoms with Gasteiger partial charge in [-0.1, -0.05) is 23.2 Å². The smallest absolute Gasteiger partial charge is 0.257 e. The number of carbonyl (C=O) groups is 1. The number of nitriles is 1. The monoisotopic (exact) mass is 459 g/mol. The van der Waals surface area contributed by atoms with Crippen molar-refractivity contribution in [3.63, 3.8) is 0 Å². The number of nitrogens with one attached hydrogen (secondary N) is 1. The third-order valence-electron chi connectivity index (χ3n) is 4.55. The molecule has 0 bridgehead atoms. The Morgan fingerprint density at radius 3 is 2.58 bits per heavy atom. The fourth-order valence-electron chi connectivity index (χ4n) is 2.87. The molecule has 1 aromatic heterocycles. The first-order valence-corrected chi connectivity index (χ1v) is 9.94. The van der Waals surface area contributed by atoms with Crippen molar-refractivity contribution in [1.82, 2.24) is 4.98 Å². The molecule has 9 heteroatoms. The number of anilines is 1. The molecule has 1 N–H and O–H groups in total. The van der Waals surface area contributed by atoms with Crippen LogP contribution in [0.2, 0.25) is 10.0 Å². The molecule has 31 heavy (non-hydrogen) atoms. The van der Waals surface area contributed by atoms with Gasteiger partial charge in [0.15, 0.2) is 0 Å². The first kappa shape index (κ1) is 21.0. The zero-order valence-electron chi connectivity index (χ0n) is 15.8. The standard InChI is InChI=1S/C22H13Cl2F2N3O2/c23-18-6-12(25)1-4-15(18)16-7-19(24)17(8-20(16)26)21(30)29-13-5-11(9-27)22(28-10-13)31-14-2-3-14/h1,4-8,10,14H,2-3H2,(H,29,30). The van der Waals surface area contributed by atoms with E-state index < -0.39 is 17.5 Å². The predicted octanol–water partition coefficient (Wildman–Crippen LogP) is 6.00. The van der Waals surface area contributed by atoms with Crippen molar-refractivity contribution in [2.75, 3.05) is 5.32 Å². The van der Waals surface area contributed by atoms with Crippen LogP contribution in [-0.2, 0) is 0 Å². The van der Waals surface area contributed by atoms with Gasteiger partial charge in [-0.25, -0.2) is 13.8 Å². The van der Waals surface area contributed by atoms with Gasteiger partial charge >= 0.3 is 0 Å². The summed E-state index contributed by atoms with van der Waals surface area (Å²) in [6.45, 7) is 0. The normalized spacial score (nSPS) is 12.9. The number of amides is 1. The number of benzene rings is 2. The highest BCUT2D eigenvalue weighted by molar-refractivity contribution is 6.35. The molecule has 5 nitrogen and oxygen atoms in total. The first-order valence-electron chi connectivity index (χ1n) is 9.18. The Bertz CT molecular complexity index is 1240. The van der Waals surface area contributed by atoms with E-state index in [0.29, 0.717) is 0 Å². The van der Waals surface area contributed by atoms with Crippen LogP contribution in [0.15, 0.2) is 42.6 Å². The number of halogens is 4. The van der Waals surface area contributed by atoms with E-state index in [4.69, 9.17) is 27.9 Å². The zero-order chi connectivity index (χ0) is 22.1. The molecule has 156 valence electrons.